The first-order valence-electron chi connectivity index (χ1n) is 9.17. The van der Waals surface area contributed by atoms with Crippen LogP contribution in [0.4, 0.5) is 0 Å². The van der Waals surface area contributed by atoms with Gasteiger partial charge in [-0.3, -0.25) is 4.79 Å². The number of benzene rings is 2. The van der Waals surface area contributed by atoms with Gasteiger partial charge in [-0.1, -0.05) is 56.3 Å². The molecule has 8 nitrogen and oxygen atoms in total. The standard InChI is InChI=1S/C20H21N7O/c1-13(2)18(20-21-15-10-6-7-11-16(15)22-20)23-17(28)12-27-25-19(24-26-27)14-8-4-3-5-9-14/h3-11,13,18H,12H2,1-2H3,(H,21,22)(H,23,28)/t18-/m0/s1. The van der Waals surface area contributed by atoms with Crippen molar-refractivity contribution in [2.24, 2.45) is 5.92 Å². The maximum Gasteiger partial charge on any atom is 0.244 e. The van der Waals surface area contributed by atoms with Gasteiger partial charge in [0.05, 0.1) is 17.1 Å². The highest BCUT2D eigenvalue weighted by molar-refractivity contribution is 5.77. The lowest BCUT2D eigenvalue weighted by Gasteiger charge is -2.20. The van der Waals surface area contributed by atoms with Crippen molar-refractivity contribution in [2.75, 3.05) is 0 Å². The smallest absolute Gasteiger partial charge is 0.244 e. The molecule has 0 bridgehead atoms. The fourth-order valence-corrected chi connectivity index (χ4v) is 3.03. The molecule has 0 unspecified atom stereocenters. The molecule has 2 aromatic heterocycles. The zero-order valence-electron chi connectivity index (χ0n) is 15.7. The minimum absolute atomic E-state index is 0.0106. The molecule has 0 aliphatic rings. The number of aromatic nitrogens is 6. The highest BCUT2D eigenvalue weighted by atomic mass is 16.2. The van der Waals surface area contributed by atoms with Gasteiger partial charge in [-0.15, -0.1) is 10.2 Å². The predicted molar refractivity (Wildman–Crippen MR) is 105 cm³/mol. The molecule has 142 valence electrons. The Balaban J connectivity index is 1.47. The van der Waals surface area contributed by atoms with E-state index in [1.165, 1.54) is 4.80 Å². The molecule has 4 rings (SSSR count). The maximum atomic E-state index is 12.6. The molecule has 8 heteroatoms. The van der Waals surface area contributed by atoms with Gasteiger partial charge in [0.1, 0.15) is 12.4 Å². The number of nitrogens with zero attached hydrogens (tertiary/aromatic N) is 5. The summed E-state index contributed by atoms with van der Waals surface area (Å²) in [5, 5.41) is 15.3. The summed E-state index contributed by atoms with van der Waals surface area (Å²) >= 11 is 0. The molecule has 0 aliphatic heterocycles. The molecule has 0 saturated carbocycles. The Kier molecular flexibility index (Phi) is 4.84. The number of hydrogen-bond donors (Lipinski definition) is 2. The third kappa shape index (κ3) is 3.75. The van der Waals surface area contributed by atoms with Gasteiger partial charge in [-0.2, -0.15) is 4.80 Å². The van der Waals surface area contributed by atoms with Gasteiger partial charge >= 0.3 is 0 Å². The number of rotatable bonds is 6. The molecule has 0 saturated heterocycles. The Morgan fingerprint density at radius 1 is 1.11 bits per heavy atom. The Labute approximate surface area is 162 Å². The molecule has 1 amide bonds. The first-order chi connectivity index (χ1) is 13.6. The van der Waals surface area contributed by atoms with Crippen LogP contribution >= 0.6 is 0 Å². The number of carbonyl (C=O) groups is 1. The summed E-state index contributed by atoms with van der Waals surface area (Å²) in [5.41, 5.74) is 2.68. The predicted octanol–water partition coefficient (Wildman–Crippen LogP) is 2.73. The molecule has 4 aromatic rings. The van der Waals surface area contributed by atoms with Crippen LogP contribution in [-0.4, -0.2) is 36.1 Å². The van der Waals surface area contributed by atoms with E-state index in [1.54, 1.807) is 0 Å². The minimum Gasteiger partial charge on any atom is -0.344 e. The number of imidazole rings is 1. The third-order valence-electron chi connectivity index (χ3n) is 4.46. The summed E-state index contributed by atoms with van der Waals surface area (Å²) in [5.74, 6) is 1.19. The molecular formula is C20H21N7O. The third-order valence-corrected chi connectivity index (χ3v) is 4.46. The Morgan fingerprint density at radius 2 is 1.86 bits per heavy atom. The number of nitrogens with one attached hydrogen (secondary N) is 2. The van der Waals surface area contributed by atoms with Gasteiger partial charge in [-0.05, 0) is 23.3 Å². The molecule has 0 fully saturated rings. The molecule has 2 aromatic carbocycles. The molecule has 2 N–H and O–H groups in total. The highest BCUT2D eigenvalue weighted by Crippen LogP contribution is 2.22. The number of aromatic amines is 1. The number of fused-ring (bicyclic) bond motifs is 1. The van der Waals surface area contributed by atoms with Crippen LogP contribution < -0.4 is 5.32 Å². The highest BCUT2D eigenvalue weighted by Gasteiger charge is 2.22. The van der Waals surface area contributed by atoms with E-state index in [-0.39, 0.29) is 24.4 Å². The average molecular weight is 375 g/mol. The molecular weight excluding hydrogens is 354 g/mol. The number of tetrazole rings is 1. The molecule has 2 heterocycles. The topological polar surface area (TPSA) is 101 Å². The van der Waals surface area contributed by atoms with Crippen molar-refractivity contribution in [1.82, 2.24) is 35.5 Å². The second-order valence-corrected chi connectivity index (χ2v) is 6.94. The average Bonchev–Trinajstić information content (AvgIpc) is 3.33. The zero-order chi connectivity index (χ0) is 19.5. The fourth-order valence-electron chi connectivity index (χ4n) is 3.03. The van der Waals surface area contributed by atoms with Gasteiger partial charge in [0.25, 0.3) is 0 Å². The molecule has 1 atom stereocenters. The quantitative estimate of drug-likeness (QED) is 0.540. The van der Waals surface area contributed by atoms with Crippen molar-refractivity contribution in [3.05, 3.63) is 60.4 Å². The Morgan fingerprint density at radius 3 is 2.61 bits per heavy atom. The summed E-state index contributed by atoms with van der Waals surface area (Å²) in [7, 11) is 0. The molecule has 0 spiro atoms. The summed E-state index contributed by atoms with van der Waals surface area (Å²) < 4.78 is 0. The minimum atomic E-state index is -0.239. The molecule has 0 radical (unpaired) electrons. The van der Waals surface area contributed by atoms with Crippen LogP contribution in [0.25, 0.3) is 22.4 Å². The van der Waals surface area contributed by atoms with Crippen molar-refractivity contribution in [2.45, 2.75) is 26.4 Å². The van der Waals surface area contributed by atoms with Gasteiger partial charge < -0.3 is 10.3 Å². The first-order valence-corrected chi connectivity index (χ1v) is 9.17. The molecule has 28 heavy (non-hydrogen) atoms. The van der Waals surface area contributed by atoms with Crippen molar-refractivity contribution in [1.29, 1.82) is 0 Å². The monoisotopic (exact) mass is 375 g/mol. The van der Waals surface area contributed by atoms with E-state index in [9.17, 15) is 4.79 Å². The van der Waals surface area contributed by atoms with Crippen LogP contribution in [-0.2, 0) is 11.3 Å². The van der Waals surface area contributed by atoms with Gasteiger partial charge in [-0.25, -0.2) is 4.98 Å². The van der Waals surface area contributed by atoms with E-state index in [4.69, 9.17) is 0 Å². The second kappa shape index (κ2) is 7.59. The molecule has 0 aliphatic carbocycles. The largest absolute Gasteiger partial charge is 0.344 e. The number of hydrogen-bond acceptors (Lipinski definition) is 5. The van der Waals surface area contributed by atoms with Crippen LogP contribution in [0.2, 0.25) is 0 Å². The van der Waals surface area contributed by atoms with Crippen molar-refractivity contribution >= 4 is 16.9 Å². The Hall–Kier alpha value is -3.55. The summed E-state index contributed by atoms with van der Waals surface area (Å²) in [6.45, 7) is 4.07. The number of H-pyrrole nitrogens is 1. The van der Waals surface area contributed by atoms with Crippen LogP contribution in [0.15, 0.2) is 54.6 Å². The van der Waals surface area contributed by atoms with Crippen LogP contribution in [0, 0.1) is 5.92 Å². The first kappa shape index (κ1) is 17.8. The Bertz CT molecular complexity index is 1050. The van der Waals surface area contributed by atoms with E-state index in [0.717, 1.165) is 22.4 Å². The zero-order valence-corrected chi connectivity index (χ0v) is 15.7. The van der Waals surface area contributed by atoms with Crippen molar-refractivity contribution < 1.29 is 4.79 Å². The second-order valence-electron chi connectivity index (χ2n) is 6.94. The van der Waals surface area contributed by atoms with Gasteiger partial charge in [0, 0.05) is 5.56 Å². The number of carbonyl (C=O) groups excluding carboxylic acids is 1. The van der Waals surface area contributed by atoms with E-state index in [2.05, 4.69) is 30.7 Å². The van der Waals surface area contributed by atoms with Crippen molar-refractivity contribution in [3.63, 3.8) is 0 Å². The number of amides is 1. The maximum absolute atomic E-state index is 12.6. The van der Waals surface area contributed by atoms with Crippen molar-refractivity contribution in [3.8, 4) is 11.4 Å². The lowest BCUT2D eigenvalue weighted by atomic mass is 10.0. The summed E-state index contributed by atoms with van der Waals surface area (Å²) in [4.78, 5) is 21.8. The van der Waals surface area contributed by atoms with Crippen LogP contribution in [0.1, 0.15) is 25.7 Å². The van der Waals surface area contributed by atoms with E-state index >= 15 is 0 Å². The summed E-state index contributed by atoms with van der Waals surface area (Å²) in [6, 6.07) is 17.1. The SMILES string of the molecule is CC(C)[C@H](NC(=O)Cn1nnc(-c2ccccc2)n1)c1nc2ccccc2[nH]1. The lowest BCUT2D eigenvalue weighted by Crippen LogP contribution is -2.35. The van der Waals surface area contributed by atoms with Crippen LogP contribution in [0.5, 0.6) is 0 Å². The fraction of sp³-hybridized carbons (Fsp3) is 0.250. The van der Waals surface area contributed by atoms with Gasteiger partial charge in [0.15, 0.2) is 0 Å². The normalized spacial score (nSPS) is 12.4. The van der Waals surface area contributed by atoms with Crippen LogP contribution in [0.3, 0.4) is 0 Å². The van der Waals surface area contributed by atoms with E-state index < -0.39 is 0 Å². The van der Waals surface area contributed by atoms with E-state index in [1.807, 2.05) is 68.4 Å². The van der Waals surface area contributed by atoms with Gasteiger partial charge in [0.2, 0.25) is 11.7 Å². The lowest BCUT2D eigenvalue weighted by molar-refractivity contribution is -0.123. The number of para-hydroxylation sites is 2. The summed E-state index contributed by atoms with van der Waals surface area (Å²) in [6.07, 6.45) is 0. The van der Waals surface area contributed by atoms with E-state index in [0.29, 0.717) is 5.82 Å².